The molecule has 0 unspecified atom stereocenters. The van der Waals surface area contributed by atoms with Crippen LogP contribution in [0.15, 0.2) is 41.3 Å². The Morgan fingerprint density at radius 1 is 1.50 bits per heavy atom. The Kier molecular flexibility index (Phi) is 3.05. The molecule has 4 nitrogen and oxygen atoms in total. The van der Waals surface area contributed by atoms with E-state index in [4.69, 9.17) is 5.11 Å². The van der Waals surface area contributed by atoms with Gasteiger partial charge in [0, 0.05) is 12.4 Å². The van der Waals surface area contributed by atoms with Crippen LogP contribution in [-0.4, -0.2) is 20.6 Å². The summed E-state index contributed by atoms with van der Waals surface area (Å²) in [5.74, 6) is -0.930. The van der Waals surface area contributed by atoms with E-state index in [0.717, 1.165) is 10.3 Å². The summed E-state index contributed by atoms with van der Waals surface area (Å²) in [6.07, 6.45) is 3.30. The Morgan fingerprint density at radius 3 is 2.88 bits per heavy atom. The molecule has 0 saturated heterocycles. The first kappa shape index (κ1) is 10.9. The summed E-state index contributed by atoms with van der Waals surface area (Å²) in [6.45, 7) is 0.550. The van der Waals surface area contributed by atoms with Crippen molar-refractivity contribution < 1.29 is 9.90 Å². The topological polar surface area (TPSA) is 55.1 Å². The molecule has 0 aliphatic heterocycles. The first-order valence-electron chi connectivity index (χ1n) is 4.65. The fourth-order valence-electron chi connectivity index (χ4n) is 1.38. The highest BCUT2D eigenvalue weighted by Gasteiger charge is 2.09. The van der Waals surface area contributed by atoms with Gasteiger partial charge in [-0.05, 0) is 34.1 Å². The van der Waals surface area contributed by atoms with E-state index in [1.807, 2.05) is 18.2 Å². The SMILES string of the molecule is O=C(O)c1cc(Br)n(Cc2ccccn2)c1. The molecule has 0 aliphatic rings. The van der Waals surface area contributed by atoms with Crippen LogP contribution in [0.1, 0.15) is 16.1 Å². The number of pyridine rings is 1. The van der Waals surface area contributed by atoms with Crippen molar-refractivity contribution in [2.24, 2.45) is 0 Å². The summed E-state index contributed by atoms with van der Waals surface area (Å²) in [5.41, 5.74) is 1.15. The van der Waals surface area contributed by atoms with Gasteiger partial charge in [-0.25, -0.2) is 4.79 Å². The zero-order chi connectivity index (χ0) is 11.5. The molecule has 0 aromatic carbocycles. The number of hydrogen-bond donors (Lipinski definition) is 1. The molecule has 0 radical (unpaired) electrons. The molecule has 5 heteroatoms. The lowest BCUT2D eigenvalue weighted by atomic mass is 10.3. The lowest BCUT2D eigenvalue weighted by Crippen LogP contribution is -2.00. The third-order valence-electron chi connectivity index (χ3n) is 2.15. The molecule has 0 bridgehead atoms. The van der Waals surface area contributed by atoms with Gasteiger partial charge in [-0.15, -0.1) is 0 Å². The van der Waals surface area contributed by atoms with Gasteiger partial charge in [-0.2, -0.15) is 0 Å². The first-order valence-corrected chi connectivity index (χ1v) is 5.45. The van der Waals surface area contributed by atoms with E-state index in [0.29, 0.717) is 6.54 Å². The van der Waals surface area contributed by atoms with Crippen LogP contribution in [0.3, 0.4) is 0 Å². The van der Waals surface area contributed by atoms with Crippen LogP contribution < -0.4 is 0 Å². The summed E-state index contributed by atoms with van der Waals surface area (Å²) in [5, 5.41) is 8.84. The van der Waals surface area contributed by atoms with E-state index >= 15 is 0 Å². The van der Waals surface area contributed by atoms with Crippen molar-refractivity contribution in [2.45, 2.75) is 6.54 Å². The Bertz CT molecular complexity index is 508. The highest BCUT2D eigenvalue weighted by atomic mass is 79.9. The molecule has 82 valence electrons. The van der Waals surface area contributed by atoms with Crippen LogP contribution in [-0.2, 0) is 6.54 Å². The molecule has 0 amide bonds. The van der Waals surface area contributed by atoms with E-state index in [9.17, 15) is 4.79 Å². The van der Waals surface area contributed by atoms with Crippen LogP contribution in [0.25, 0.3) is 0 Å². The second kappa shape index (κ2) is 4.49. The predicted octanol–water partition coefficient (Wildman–Crippen LogP) is 2.39. The smallest absolute Gasteiger partial charge is 0.337 e. The largest absolute Gasteiger partial charge is 0.478 e. The number of carboxylic acids is 1. The summed E-state index contributed by atoms with van der Waals surface area (Å²) in [4.78, 5) is 14.9. The van der Waals surface area contributed by atoms with Crippen molar-refractivity contribution >= 4 is 21.9 Å². The second-order valence-corrected chi connectivity index (χ2v) is 4.12. The van der Waals surface area contributed by atoms with Crippen molar-refractivity contribution in [1.29, 1.82) is 0 Å². The normalized spacial score (nSPS) is 10.3. The Morgan fingerprint density at radius 2 is 2.31 bits per heavy atom. The standard InChI is InChI=1S/C11H9BrN2O2/c12-10-5-8(11(15)16)6-14(10)7-9-3-1-2-4-13-9/h1-6H,7H2,(H,15,16). The van der Waals surface area contributed by atoms with Crippen molar-refractivity contribution in [3.63, 3.8) is 0 Å². The van der Waals surface area contributed by atoms with E-state index < -0.39 is 5.97 Å². The number of aromatic nitrogens is 2. The van der Waals surface area contributed by atoms with Crippen molar-refractivity contribution in [2.75, 3.05) is 0 Å². The zero-order valence-electron chi connectivity index (χ0n) is 8.30. The highest BCUT2D eigenvalue weighted by Crippen LogP contribution is 2.16. The minimum Gasteiger partial charge on any atom is -0.478 e. The molecule has 2 rings (SSSR count). The number of carbonyl (C=O) groups is 1. The van der Waals surface area contributed by atoms with Gasteiger partial charge in [0.1, 0.15) is 0 Å². The van der Waals surface area contributed by atoms with Crippen molar-refractivity contribution in [3.05, 3.63) is 52.5 Å². The Balaban J connectivity index is 2.25. The van der Waals surface area contributed by atoms with Gasteiger partial charge in [-0.1, -0.05) is 6.07 Å². The average molecular weight is 281 g/mol. The van der Waals surface area contributed by atoms with Gasteiger partial charge in [0.05, 0.1) is 22.4 Å². The molecule has 1 N–H and O–H groups in total. The van der Waals surface area contributed by atoms with Crippen LogP contribution in [0.4, 0.5) is 0 Å². The summed E-state index contributed by atoms with van der Waals surface area (Å²) < 4.78 is 2.53. The molecule has 16 heavy (non-hydrogen) atoms. The number of aromatic carboxylic acids is 1. The molecule has 2 aromatic heterocycles. The summed E-state index contributed by atoms with van der Waals surface area (Å²) >= 11 is 3.31. The minimum atomic E-state index is -0.930. The maximum atomic E-state index is 10.8. The van der Waals surface area contributed by atoms with E-state index in [1.165, 1.54) is 0 Å². The highest BCUT2D eigenvalue weighted by molar-refractivity contribution is 9.10. The van der Waals surface area contributed by atoms with Crippen LogP contribution in [0, 0.1) is 0 Å². The van der Waals surface area contributed by atoms with Gasteiger partial charge in [0.15, 0.2) is 0 Å². The van der Waals surface area contributed by atoms with E-state index in [1.54, 1.807) is 23.0 Å². The third kappa shape index (κ3) is 2.30. The zero-order valence-corrected chi connectivity index (χ0v) is 9.89. The summed E-state index contributed by atoms with van der Waals surface area (Å²) in [6, 6.07) is 7.22. The van der Waals surface area contributed by atoms with Gasteiger partial charge in [0.25, 0.3) is 0 Å². The molecular weight excluding hydrogens is 272 g/mol. The predicted molar refractivity (Wildman–Crippen MR) is 62.4 cm³/mol. The van der Waals surface area contributed by atoms with Crippen molar-refractivity contribution in [3.8, 4) is 0 Å². The maximum Gasteiger partial charge on any atom is 0.337 e. The number of halogens is 1. The lowest BCUT2D eigenvalue weighted by Gasteiger charge is -2.03. The molecule has 0 spiro atoms. The third-order valence-corrected chi connectivity index (χ3v) is 2.83. The van der Waals surface area contributed by atoms with Crippen LogP contribution in [0.5, 0.6) is 0 Å². The minimum absolute atomic E-state index is 0.266. The van der Waals surface area contributed by atoms with Gasteiger partial charge < -0.3 is 9.67 Å². The van der Waals surface area contributed by atoms with Gasteiger partial charge in [0.2, 0.25) is 0 Å². The quantitative estimate of drug-likeness (QED) is 0.939. The number of rotatable bonds is 3. The molecule has 0 fully saturated rings. The average Bonchev–Trinajstić information content (AvgIpc) is 2.62. The first-order chi connectivity index (χ1) is 7.66. The van der Waals surface area contributed by atoms with Gasteiger partial charge >= 0.3 is 5.97 Å². The number of hydrogen-bond acceptors (Lipinski definition) is 2. The molecule has 2 aromatic rings. The van der Waals surface area contributed by atoms with Crippen LogP contribution in [0.2, 0.25) is 0 Å². The molecule has 2 heterocycles. The van der Waals surface area contributed by atoms with E-state index in [2.05, 4.69) is 20.9 Å². The number of nitrogens with zero attached hydrogens (tertiary/aromatic N) is 2. The second-order valence-electron chi connectivity index (χ2n) is 3.31. The molecule has 0 aliphatic carbocycles. The maximum absolute atomic E-state index is 10.8. The van der Waals surface area contributed by atoms with E-state index in [-0.39, 0.29) is 5.56 Å². The molecule has 0 atom stereocenters. The monoisotopic (exact) mass is 280 g/mol. The summed E-state index contributed by atoms with van der Waals surface area (Å²) in [7, 11) is 0. The Hall–Kier alpha value is -1.62. The Labute approximate surface area is 101 Å². The van der Waals surface area contributed by atoms with Crippen LogP contribution >= 0.6 is 15.9 Å². The molecular formula is C11H9BrN2O2. The lowest BCUT2D eigenvalue weighted by molar-refractivity contribution is 0.0697. The number of carboxylic acid groups (broad SMARTS) is 1. The van der Waals surface area contributed by atoms with Crippen molar-refractivity contribution in [1.82, 2.24) is 9.55 Å². The molecule has 0 saturated carbocycles. The fraction of sp³-hybridized carbons (Fsp3) is 0.0909. The van der Waals surface area contributed by atoms with Gasteiger partial charge in [-0.3, -0.25) is 4.98 Å². The fourth-order valence-corrected chi connectivity index (χ4v) is 1.86.